The Hall–Kier alpha value is -2.14. The van der Waals surface area contributed by atoms with Gasteiger partial charge in [0.1, 0.15) is 17.6 Å². The first-order valence-corrected chi connectivity index (χ1v) is 6.14. The average molecular weight is 259 g/mol. The van der Waals surface area contributed by atoms with Gasteiger partial charge in [-0.25, -0.2) is 4.98 Å². The molecule has 5 heteroatoms. The second-order valence-corrected chi connectivity index (χ2v) is 5.14. The summed E-state index contributed by atoms with van der Waals surface area (Å²) in [6.45, 7) is 1.88. The Morgan fingerprint density at radius 2 is 2.22 bits per heavy atom. The second-order valence-electron chi connectivity index (χ2n) is 3.90. The molecular formula is C13H9NO3S. The van der Waals surface area contributed by atoms with Crippen LogP contribution >= 0.6 is 11.3 Å². The third kappa shape index (κ3) is 1.69. The minimum atomic E-state index is -0.111. The van der Waals surface area contributed by atoms with Crippen molar-refractivity contribution in [1.29, 1.82) is 0 Å². The standard InChI is InChI=1S/C13H9NO3S/c1-7-14-5-12(18-7)10-6-17-11-4-8(15)2-3-9(11)13(10)16/h2-6,15H,1H3. The first kappa shape index (κ1) is 11.0. The van der Waals surface area contributed by atoms with E-state index in [4.69, 9.17) is 4.42 Å². The average Bonchev–Trinajstić information content (AvgIpc) is 2.76. The summed E-state index contributed by atoms with van der Waals surface area (Å²) in [6.07, 6.45) is 3.08. The van der Waals surface area contributed by atoms with E-state index in [1.807, 2.05) is 6.92 Å². The summed E-state index contributed by atoms with van der Waals surface area (Å²) in [4.78, 5) is 17.2. The molecule has 0 atom stereocenters. The monoisotopic (exact) mass is 259 g/mol. The molecule has 0 amide bonds. The summed E-state index contributed by atoms with van der Waals surface area (Å²) in [5.41, 5.74) is 0.767. The van der Waals surface area contributed by atoms with Crippen LogP contribution in [-0.4, -0.2) is 10.1 Å². The van der Waals surface area contributed by atoms with E-state index < -0.39 is 0 Å². The topological polar surface area (TPSA) is 63.3 Å². The fraction of sp³-hybridized carbons (Fsp3) is 0.0769. The molecule has 0 radical (unpaired) electrons. The molecule has 0 unspecified atom stereocenters. The maximum absolute atomic E-state index is 12.3. The SMILES string of the molecule is Cc1ncc(-c2coc3cc(O)ccc3c2=O)s1. The van der Waals surface area contributed by atoms with Crippen molar-refractivity contribution in [1.82, 2.24) is 4.98 Å². The van der Waals surface area contributed by atoms with Crippen LogP contribution in [0.3, 0.4) is 0 Å². The lowest BCUT2D eigenvalue weighted by Crippen LogP contribution is -2.03. The number of benzene rings is 1. The molecule has 0 aliphatic heterocycles. The molecule has 2 heterocycles. The van der Waals surface area contributed by atoms with E-state index in [1.54, 1.807) is 12.3 Å². The van der Waals surface area contributed by atoms with Crippen LogP contribution in [0.1, 0.15) is 5.01 Å². The second kappa shape index (κ2) is 3.96. The van der Waals surface area contributed by atoms with E-state index in [0.29, 0.717) is 16.5 Å². The maximum atomic E-state index is 12.3. The number of fused-ring (bicyclic) bond motifs is 1. The molecule has 0 spiro atoms. The Kier molecular flexibility index (Phi) is 2.41. The molecule has 1 N–H and O–H groups in total. The first-order chi connectivity index (χ1) is 8.65. The van der Waals surface area contributed by atoms with Crippen molar-refractivity contribution in [2.45, 2.75) is 6.92 Å². The van der Waals surface area contributed by atoms with Crippen LogP contribution in [0.2, 0.25) is 0 Å². The van der Waals surface area contributed by atoms with Gasteiger partial charge in [0.05, 0.1) is 20.8 Å². The van der Waals surface area contributed by atoms with Crippen molar-refractivity contribution in [3.05, 3.63) is 45.9 Å². The largest absolute Gasteiger partial charge is 0.508 e. The third-order valence-corrected chi connectivity index (χ3v) is 3.59. The normalized spacial score (nSPS) is 10.9. The van der Waals surface area contributed by atoms with Gasteiger partial charge in [-0.15, -0.1) is 11.3 Å². The minimum absolute atomic E-state index is 0.0760. The minimum Gasteiger partial charge on any atom is -0.508 e. The zero-order valence-corrected chi connectivity index (χ0v) is 10.3. The summed E-state index contributed by atoms with van der Waals surface area (Å²) < 4.78 is 5.39. The van der Waals surface area contributed by atoms with Gasteiger partial charge in [0, 0.05) is 12.3 Å². The number of hydrogen-bond donors (Lipinski definition) is 1. The quantitative estimate of drug-likeness (QED) is 0.729. The molecule has 90 valence electrons. The van der Waals surface area contributed by atoms with E-state index in [0.717, 1.165) is 9.88 Å². The molecular weight excluding hydrogens is 250 g/mol. The Morgan fingerprint density at radius 3 is 2.94 bits per heavy atom. The highest BCUT2D eigenvalue weighted by molar-refractivity contribution is 7.15. The lowest BCUT2D eigenvalue weighted by atomic mass is 10.1. The molecule has 0 saturated heterocycles. The fourth-order valence-electron chi connectivity index (χ4n) is 1.77. The number of phenolic OH excluding ortho intramolecular Hbond substituents is 1. The zero-order chi connectivity index (χ0) is 12.7. The summed E-state index contributed by atoms with van der Waals surface area (Å²) in [7, 11) is 0. The molecule has 0 aliphatic rings. The summed E-state index contributed by atoms with van der Waals surface area (Å²) in [6, 6.07) is 4.47. The van der Waals surface area contributed by atoms with Crippen molar-refractivity contribution in [3.8, 4) is 16.2 Å². The molecule has 0 bridgehead atoms. The van der Waals surface area contributed by atoms with Crippen molar-refractivity contribution in [3.63, 3.8) is 0 Å². The molecule has 0 fully saturated rings. The fourth-order valence-corrected chi connectivity index (χ4v) is 2.55. The van der Waals surface area contributed by atoms with Crippen LogP contribution < -0.4 is 5.43 Å². The van der Waals surface area contributed by atoms with Gasteiger partial charge in [-0.2, -0.15) is 0 Å². The third-order valence-electron chi connectivity index (χ3n) is 2.64. The molecule has 0 aliphatic carbocycles. The predicted octanol–water partition coefficient (Wildman–Crippen LogP) is 2.93. The van der Waals surface area contributed by atoms with Crippen molar-refractivity contribution < 1.29 is 9.52 Å². The highest BCUT2D eigenvalue weighted by Gasteiger charge is 2.11. The van der Waals surface area contributed by atoms with E-state index in [2.05, 4.69) is 4.98 Å². The lowest BCUT2D eigenvalue weighted by Gasteiger charge is -2.00. The summed E-state index contributed by atoms with van der Waals surface area (Å²) in [5, 5.41) is 10.7. The highest BCUT2D eigenvalue weighted by Crippen LogP contribution is 2.26. The Labute approximate surface area is 106 Å². The molecule has 4 nitrogen and oxygen atoms in total. The van der Waals surface area contributed by atoms with Crippen molar-refractivity contribution in [2.24, 2.45) is 0 Å². The smallest absolute Gasteiger partial charge is 0.201 e. The molecule has 1 aromatic carbocycles. The lowest BCUT2D eigenvalue weighted by molar-refractivity contribution is 0.474. The van der Waals surface area contributed by atoms with Gasteiger partial charge in [-0.3, -0.25) is 4.79 Å². The van der Waals surface area contributed by atoms with Crippen LogP contribution in [0.25, 0.3) is 21.4 Å². The van der Waals surface area contributed by atoms with Crippen molar-refractivity contribution >= 4 is 22.3 Å². The van der Waals surface area contributed by atoms with Crippen LogP contribution in [0, 0.1) is 6.92 Å². The number of nitrogens with zero attached hydrogens (tertiary/aromatic N) is 1. The van der Waals surface area contributed by atoms with Gasteiger partial charge in [0.25, 0.3) is 0 Å². The number of aryl methyl sites for hydroxylation is 1. The Balaban J connectivity index is 2.30. The predicted molar refractivity (Wildman–Crippen MR) is 70.0 cm³/mol. The summed E-state index contributed by atoms with van der Waals surface area (Å²) in [5.74, 6) is 0.0760. The molecule has 18 heavy (non-hydrogen) atoms. The van der Waals surface area contributed by atoms with Gasteiger partial charge in [0.15, 0.2) is 0 Å². The van der Waals surface area contributed by atoms with Crippen LogP contribution in [0.15, 0.2) is 39.9 Å². The van der Waals surface area contributed by atoms with Gasteiger partial charge in [0.2, 0.25) is 5.43 Å². The molecule has 0 saturated carbocycles. The number of rotatable bonds is 1. The van der Waals surface area contributed by atoms with E-state index in [1.165, 1.54) is 29.7 Å². The zero-order valence-electron chi connectivity index (χ0n) is 9.51. The highest BCUT2D eigenvalue weighted by atomic mass is 32.1. The maximum Gasteiger partial charge on any atom is 0.201 e. The van der Waals surface area contributed by atoms with Crippen LogP contribution in [-0.2, 0) is 0 Å². The van der Waals surface area contributed by atoms with Gasteiger partial charge >= 0.3 is 0 Å². The molecule has 3 rings (SSSR count). The summed E-state index contributed by atoms with van der Waals surface area (Å²) >= 11 is 1.45. The van der Waals surface area contributed by atoms with Crippen LogP contribution in [0.4, 0.5) is 0 Å². The van der Waals surface area contributed by atoms with E-state index in [9.17, 15) is 9.90 Å². The van der Waals surface area contributed by atoms with E-state index >= 15 is 0 Å². The van der Waals surface area contributed by atoms with Crippen molar-refractivity contribution in [2.75, 3.05) is 0 Å². The van der Waals surface area contributed by atoms with Gasteiger partial charge in [-0.05, 0) is 19.1 Å². The Bertz CT molecular complexity index is 788. The van der Waals surface area contributed by atoms with Gasteiger partial charge < -0.3 is 9.52 Å². The number of aromatic nitrogens is 1. The van der Waals surface area contributed by atoms with Gasteiger partial charge in [-0.1, -0.05) is 0 Å². The Morgan fingerprint density at radius 1 is 1.39 bits per heavy atom. The van der Waals surface area contributed by atoms with E-state index in [-0.39, 0.29) is 11.2 Å². The first-order valence-electron chi connectivity index (χ1n) is 5.32. The molecule has 2 aromatic heterocycles. The number of phenols is 1. The molecule has 3 aromatic rings. The number of aromatic hydroxyl groups is 1. The number of thiazole rings is 1. The number of hydrogen-bond acceptors (Lipinski definition) is 5. The van der Waals surface area contributed by atoms with Crippen LogP contribution in [0.5, 0.6) is 5.75 Å².